The summed E-state index contributed by atoms with van der Waals surface area (Å²) >= 11 is 1.18. The number of carbonyl (C=O) groups is 1. The van der Waals surface area contributed by atoms with E-state index in [2.05, 4.69) is 10.0 Å². The van der Waals surface area contributed by atoms with Gasteiger partial charge in [0, 0.05) is 4.91 Å². The number of azide groups is 1. The molecule has 0 fully saturated rings. The zero-order chi connectivity index (χ0) is 12.5. The van der Waals surface area contributed by atoms with Crippen LogP contribution in [-0.2, 0) is 0 Å². The van der Waals surface area contributed by atoms with Crippen molar-refractivity contribution in [2.24, 2.45) is 5.11 Å². The molecule has 0 radical (unpaired) electrons. The van der Waals surface area contributed by atoms with Crippen molar-refractivity contribution < 1.29 is 23.1 Å². The van der Waals surface area contributed by atoms with Crippen LogP contribution in [0.4, 0.5) is 18.9 Å². The molecule has 84 valence electrons. The fourth-order valence-electron chi connectivity index (χ4n) is 0.940. The number of carboxylic acids is 1. The summed E-state index contributed by atoms with van der Waals surface area (Å²) in [7, 11) is 0. The number of carboxylic acid groups (broad SMARTS) is 1. The molecule has 0 aliphatic rings. The summed E-state index contributed by atoms with van der Waals surface area (Å²) in [5, 5.41) is 11.2. The quantitative estimate of drug-likeness (QED) is 0.294. The Morgan fingerprint density at radius 3 is 2.31 bits per heavy atom. The minimum atomic E-state index is -1.83. The van der Waals surface area contributed by atoms with Gasteiger partial charge < -0.3 is 5.11 Å². The Morgan fingerprint density at radius 1 is 1.31 bits per heavy atom. The molecule has 0 atom stereocenters. The summed E-state index contributed by atoms with van der Waals surface area (Å²) in [5.74, 6) is -6.81. The van der Waals surface area contributed by atoms with Crippen LogP contribution in [0, 0.1) is 21.0 Å². The van der Waals surface area contributed by atoms with Gasteiger partial charge in [-0.15, -0.1) is 0 Å². The molecule has 0 saturated heterocycles. The van der Waals surface area contributed by atoms with Gasteiger partial charge in [-0.05, 0) is 28.1 Å². The van der Waals surface area contributed by atoms with Crippen molar-refractivity contribution in [3.05, 3.63) is 37.0 Å². The van der Waals surface area contributed by atoms with E-state index in [1.54, 1.807) is 0 Å². The average Bonchev–Trinajstić information content (AvgIpc) is 2.21. The maximum absolute atomic E-state index is 13.3. The van der Waals surface area contributed by atoms with E-state index in [9.17, 15) is 18.0 Å². The normalized spacial score (nSPS) is 9.75. The van der Waals surface area contributed by atoms with Gasteiger partial charge in [-0.2, -0.15) is 0 Å². The van der Waals surface area contributed by atoms with Gasteiger partial charge in [-0.25, -0.2) is 18.0 Å². The van der Waals surface area contributed by atoms with Crippen LogP contribution in [0.1, 0.15) is 10.4 Å². The fraction of sp³-hybridized carbons (Fsp3) is 0. The van der Waals surface area contributed by atoms with Gasteiger partial charge in [0.15, 0.2) is 11.6 Å². The Labute approximate surface area is 99.6 Å². The molecule has 9 heteroatoms. The Kier molecular flexibility index (Phi) is 3.60. The van der Waals surface area contributed by atoms with E-state index in [1.807, 2.05) is 0 Å². The zero-order valence-corrected chi connectivity index (χ0v) is 9.37. The topological polar surface area (TPSA) is 86.1 Å². The van der Waals surface area contributed by atoms with Crippen LogP contribution in [0.15, 0.2) is 5.11 Å². The SMILES string of the molecule is [N-]=[N+]=Nc1c(F)c(F)c(C(=O)O)c(I)c1F. The van der Waals surface area contributed by atoms with E-state index >= 15 is 0 Å². The third-order valence-electron chi connectivity index (χ3n) is 1.60. The molecule has 1 aromatic carbocycles. The predicted molar refractivity (Wildman–Crippen MR) is 54.8 cm³/mol. The van der Waals surface area contributed by atoms with Crippen molar-refractivity contribution in [1.82, 2.24) is 0 Å². The summed E-state index contributed by atoms with van der Waals surface area (Å²) in [6.07, 6.45) is 0. The van der Waals surface area contributed by atoms with Crippen LogP contribution in [0.3, 0.4) is 0 Å². The van der Waals surface area contributed by atoms with E-state index in [0.717, 1.165) is 0 Å². The molecule has 0 bridgehead atoms. The van der Waals surface area contributed by atoms with Gasteiger partial charge in [0.25, 0.3) is 0 Å². The first-order valence-corrected chi connectivity index (χ1v) is 4.64. The third kappa shape index (κ3) is 1.91. The summed E-state index contributed by atoms with van der Waals surface area (Å²) in [6, 6.07) is 0. The highest BCUT2D eigenvalue weighted by Crippen LogP contribution is 2.32. The minimum Gasteiger partial charge on any atom is -0.478 e. The van der Waals surface area contributed by atoms with E-state index in [0.29, 0.717) is 0 Å². The van der Waals surface area contributed by atoms with Gasteiger partial charge in [-0.1, -0.05) is 5.11 Å². The number of hydrogen-bond acceptors (Lipinski definition) is 2. The zero-order valence-electron chi connectivity index (χ0n) is 7.21. The van der Waals surface area contributed by atoms with Crippen molar-refractivity contribution in [2.75, 3.05) is 0 Å². The van der Waals surface area contributed by atoms with Gasteiger partial charge in [0.2, 0.25) is 0 Å². The minimum absolute atomic E-state index is 0.661. The highest BCUT2D eigenvalue weighted by molar-refractivity contribution is 14.1. The Bertz CT molecular complexity index is 466. The smallest absolute Gasteiger partial charge is 0.340 e. The third-order valence-corrected chi connectivity index (χ3v) is 2.61. The molecule has 0 aromatic heterocycles. The van der Waals surface area contributed by atoms with Crippen LogP contribution in [0.2, 0.25) is 0 Å². The summed E-state index contributed by atoms with van der Waals surface area (Å²) in [4.78, 5) is 12.6. The second-order valence-electron chi connectivity index (χ2n) is 2.47. The van der Waals surface area contributed by atoms with Crippen LogP contribution < -0.4 is 0 Å². The van der Waals surface area contributed by atoms with Crippen molar-refractivity contribution >= 4 is 34.2 Å². The number of aromatic carboxylic acids is 1. The van der Waals surface area contributed by atoms with Crippen LogP contribution in [0.25, 0.3) is 10.4 Å². The molecule has 0 aliphatic carbocycles. The van der Waals surface area contributed by atoms with Crippen LogP contribution >= 0.6 is 22.6 Å². The Morgan fingerprint density at radius 2 is 1.88 bits per heavy atom. The maximum Gasteiger partial charge on any atom is 0.340 e. The first kappa shape index (κ1) is 12.6. The number of hydrogen-bond donors (Lipinski definition) is 1. The average molecular weight is 343 g/mol. The molecule has 1 aromatic rings. The molecule has 16 heavy (non-hydrogen) atoms. The lowest BCUT2D eigenvalue weighted by atomic mass is 10.1. The first-order chi connectivity index (χ1) is 7.41. The molecule has 0 aliphatic heterocycles. The lowest BCUT2D eigenvalue weighted by molar-refractivity contribution is 0.0688. The fourth-order valence-corrected chi connectivity index (χ4v) is 1.66. The van der Waals surface area contributed by atoms with E-state index < -0.39 is 38.2 Å². The largest absolute Gasteiger partial charge is 0.478 e. The van der Waals surface area contributed by atoms with Gasteiger partial charge >= 0.3 is 5.97 Å². The van der Waals surface area contributed by atoms with E-state index in [1.165, 1.54) is 22.6 Å². The highest BCUT2D eigenvalue weighted by Gasteiger charge is 2.26. The lowest BCUT2D eigenvalue weighted by Gasteiger charge is -2.06. The number of nitrogens with zero attached hydrogens (tertiary/aromatic N) is 3. The van der Waals surface area contributed by atoms with Gasteiger partial charge in [-0.3, -0.25) is 0 Å². The van der Waals surface area contributed by atoms with Crippen molar-refractivity contribution in [3.63, 3.8) is 0 Å². The summed E-state index contributed by atoms with van der Waals surface area (Å²) in [5.41, 5.74) is 5.69. The van der Waals surface area contributed by atoms with Gasteiger partial charge in [0.1, 0.15) is 17.1 Å². The molecule has 0 saturated carbocycles. The van der Waals surface area contributed by atoms with E-state index in [-0.39, 0.29) is 0 Å². The molecule has 0 unspecified atom stereocenters. The lowest BCUT2D eigenvalue weighted by Crippen LogP contribution is -2.08. The van der Waals surface area contributed by atoms with E-state index in [4.69, 9.17) is 10.6 Å². The van der Waals surface area contributed by atoms with Gasteiger partial charge in [0.05, 0.1) is 3.57 Å². The van der Waals surface area contributed by atoms with Crippen molar-refractivity contribution in [3.8, 4) is 0 Å². The number of rotatable bonds is 2. The van der Waals surface area contributed by atoms with Crippen LogP contribution in [-0.4, -0.2) is 11.1 Å². The molecule has 5 nitrogen and oxygen atoms in total. The monoisotopic (exact) mass is 343 g/mol. The Balaban J connectivity index is 3.76. The maximum atomic E-state index is 13.3. The second-order valence-corrected chi connectivity index (χ2v) is 3.55. The molecular weight excluding hydrogens is 342 g/mol. The predicted octanol–water partition coefficient (Wildman–Crippen LogP) is 3.35. The summed E-state index contributed by atoms with van der Waals surface area (Å²) in [6.45, 7) is 0. The second kappa shape index (κ2) is 4.58. The number of halogens is 4. The van der Waals surface area contributed by atoms with Crippen molar-refractivity contribution in [1.29, 1.82) is 0 Å². The highest BCUT2D eigenvalue weighted by atomic mass is 127. The molecular formula is C7HF3IN3O2. The molecule has 1 N–H and O–H groups in total. The molecule has 0 spiro atoms. The first-order valence-electron chi connectivity index (χ1n) is 3.56. The molecule has 0 amide bonds. The van der Waals surface area contributed by atoms with Crippen LogP contribution in [0.5, 0.6) is 0 Å². The molecule has 1 rings (SSSR count). The Hall–Kier alpha value is -1.48. The summed E-state index contributed by atoms with van der Waals surface area (Å²) < 4.78 is 38.9. The number of benzene rings is 1. The standard InChI is InChI=1S/C7HF3IN3O2/c8-2-1(7(15)16)5(11)4(10)6(3(2)9)13-14-12/h(H,15,16). The van der Waals surface area contributed by atoms with Crippen molar-refractivity contribution in [2.45, 2.75) is 0 Å². The molecule has 0 heterocycles.